The lowest BCUT2D eigenvalue weighted by Crippen LogP contribution is -2.38. The number of hydrogen-bond donors (Lipinski definition) is 2. The summed E-state index contributed by atoms with van der Waals surface area (Å²) >= 11 is 0. The number of para-hydroxylation sites is 1. The molecule has 1 aromatic carbocycles. The van der Waals surface area contributed by atoms with Gasteiger partial charge in [0.05, 0.1) is 6.54 Å². The normalized spacial score (nSPS) is 17.1. The molecule has 2 rings (SSSR count). The minimum atomic E-state index is -0.901. The summed E-state index contributed by atoms with van der Waals surface area (Å²) in [6, 6.07) is 7.14. The number of aliphatic carboxylic acids is 1. The van der Waals surface area contributed by atoms with Crippen LogP contribution in [-0.2, 0) is 9.59 Å². The molecule has 1 unspecified atom stereocenters. The molecule has 5 heteroatoms. The lowest BCUT2D eigenvalue weighted by Gasteiger charge is -2.17. The first-order valence-electron chi connectivity index (χ1n) is 6.09. The molecule has 1 aliphatic rings. The van der Waals surface area contributed by atoms with Crippen molar-refractivity contribution in [2.45, 2.75) is 5.92 Å². The van der Waals surface area contributed by atoms with Gasteiger partial charge in [-0.2, -0.15) is 0 Å². The SMILES string of the molecule is C=CCNCC(=O)N1CC(C(=O)O)c2ccccc21. The van der Waals surface area contributed by atoms with E-state index in [1.54, 1.807) is 30.3 Å². The van der Waals surface area contributed by atoms with Gasteiger partial charge in [0.15, 0.2) is 0 Å². The number of carbonyl (C=O) groups is 2. The van der Waals surface area contributed by atoms with E-state index >= 15 is 0 Å². The quantitative estimate of drug-likeness (QED) is 0.611. The first-order chi connectivity index (χ1) is 9.15. The Bertz CT molecular complexity index is 513. The topological polar surface area (TPSA) is 69.6 Å². The maximum atomic E-state index is 12.1. The van der Waals surface area contributed by atoms with Gasteiger partial charge < -0.3 is 15.3 Å². The minimum Gasteiger partial charge on any atom is -0.481 e. The van der Waals surface area contributed by atoms with Gasteiger partial charge in [-0.1, -0.05) is 24.3 Å². The Morgan fingerprint density at radius 2 is 2.21 bits per heavy atom. The standard InChI is InChI=1S/C14H16N2O3/c1-2-7-15-8-13(17)16-9-11(14(18)19)10-5-3-4-6-12(10)16/h2-6,11,15H,1,7-9H2,(H,18,19). The lowest BCUT2D eigenvalue weighted by molar-refractivity contribution is -0.138. The largest absolute Gasteiger partial charge is 0.481 e. The van der Waals surface area contributed by atoms with Crippen LogP contribution in [-0.4, -0.2) is 36.6 Å². The molecule has 0 bridgehead atoms. The average molecular weight is 260 g/mol. The molecule has 1 amide bonds. The number of benzene rings is 1. The fourth-order valence-electron chi connectivity index (χ4n) is 2.23. The summed E-state index contributed by atoms with van der Waals surface area (Å²) in [5.74, 6) is -1.67. The van der Waals surface area contributed by atoms with Crippen LogP contribution >= 0.6 is 0 Å². The summed E-state index contributed by atoms with van der Waals surface area (Å²) in [6.07, 6.45) is 1.67. The zero-order valence-electron chi connectivity index (χ0n) is 10.5. The molecule has 0 saturated heterocycles. The second-order valence-corrected chi connectivity index (χ2v) is 4.37. The number of fused-ring (bicyclic) bond motifs is 1. The highest BCUT2D eigenvalue weighted by Crippen LogP contribution is 2.36. The van der Waals surface area contributed by atoms with Gasteiger partial charge in [-0.15, -0.1) is 6.58 Å². The predicted molar refractivity (Wildman–Crippen MR) is 72.2 cm³/mol. The van der Waals surface area contributed by atoms with Crippen molar-refractivity contribution in [1.29, 1.82) is 0 Å². The Balaban J connectivity index is 2.18. The molecule has 1 heterocycles. The van der Waals surface area contributed by atoms with E-state index in [4.69, 9.17) is 0 Å². The molecule has 100 valence electrons. The molecular weight excluding hydrogens is 244 g/mol. The fourth-order valence-corrected chi connectivity index (χ4v) is 2.23. The van der Waals surface area contributed by atoms with Crippen LogP contribution in [0.4, 0.5) is 5.69 Å². The number of rotatable bonds is 5. The second kappa shape index (κ2) is 5.67. The van der Waals surface area contributed by atoms with E-state index in [1.807, 2.05) is 0 Å². The Kier molecular flexibility index (Phi) is 3.97. The first kappa shape index (κ1) is 13.3. The van der Waals surface area contributed by atoms with Gasteiger partial charge in [0.1, 0.15) is 5.92 Å². The third-order valence-corrected chi connectivity index (χ3v) is 3.13. The van der Waals surface area contributed by atoms with Crippen LogP contribution in [0.2, 0.25) is 0 Å². The van der Waals surface area contributed by atoms with Gasteiger partial charge in [-0.3, -0.25) is 9.59 Å². The first-order valence-corrected chi connectivity index (χ1v) is 6.09. The smallest absolute Gasteiger partial charge is 0.312 e. The van der Waals surface area contributed by atoms with Crippen LogP contribution in [0, 0.1) is 0 Å². The van der Waals surface area contributed by atoms with E-state index < -0.39 is 11.9 Å². The Morgan fingerprint density at radius 1 is 1.47 bits per heavy atom. The average Bonchev–Trinajstić information content (AvgIpc) is 2.78. The molecule has 2 N–H and O–H groups in total. The molecule has 5 nitrogen and oxygen atoms in total. The number of carboxylic acids is 1. The van der Waals surface area contributed by atoms with Crippen molar-refractivity contribution < 1.29 is 14.7 Å². The molecule has 19 heavy (non-hydrogen) atoms. The lowest BCUT2D eigenvalue weighted by atomic mass is 10.0. The molecule has 1 atom stereocenters. The Labute approximate surface area is 111 Å². The summed E-state index contributed by atoms with van der Waals surface area (Å²) in [4.78, 5) is 24.8. The maximum Gasteiger partial charge on any atom is 0.312 e. The highest BCUT2D eigenvalue weighted by molar-refractivity contribution is 5.99. The summed E-state index contributed by atoms with van der Waals surface area (Å²) in [5, 5.41) is 12.1. The monoisotopic (exact) mass is 260 g/mol. The van der Waals surface area contributed by atoms with Crippen LogP contribution in [0.1, 0.15) is 11.5 Å². The third kappa shape index (κ3) is 2.66. The van der Waals surface area contributed by atoms with Crippen LogP contribution in [0.3, 0.4) is 0 Å². The molecule has 1 aliphatic heterocycles. The van der Waals surface area contributed by atoms with E-state index in [2.05, 4.69) is 11.9 Å². The molecule has 0 radical (unpaired) electrons. The van der Waals surface area contributed by atoms with Gasteiger partial charge in [0.25, 0.3) is 0 Å². The Hall–Kier alpha value is -2.14. The van der Waals surface area contributed by atoms with Gasteiger partial charge in [0.2, 0.25) is 5.91 Å². The van der Waals surface area contributed by atoms with Crippen molar-refractivity contribution in [3.05, 3.63) is 42.5 Å². The highest BCUT2D eigenvalue weighted by Gasteiger charge is 2.35. The van der Waals surface area contributed by atoms with Crippen LogP contribution in [0.25, 0.3) is 0 Å². The third-order valence-electron chi connectivity index (χ3n) is 3.13. The molecular formula is C14H16N2O3. The van der Waals surface area contributed by atoms with E-state index in [9.17, 15) is 14.7 Å². The number of nitrogens with one attached hydrogen (secondary N) is 1. The number of nitrogens with zero attached hydrogens (tertiary/aromatic N) is 1. The summed E-state index contributed by atoms with van der Waals surface area (Å²) in [7, 11) is 0. The molecule has 0 aromatic heterocycles. The van der Waals surface area contributed by atoms with Crippen molar-refractivity contribution in [2.75, 3.05) is 24.5 Å². The van der Waals surface area contributed by atoms with Crippen LogP contribution < -0.4 is 10.2 Å². The zero-order valence-corrected chi connectivity index (χ0v) is 10.5. The van der Waals surface area contributed by atoms with Crippen molar-refractivity contribution in [1.82, 2.24) is 5.32 Å². The number of anilines is 1. The number of carbonyl (C=O) groups excluding carboxylic acids is 1. The van der Waals surface area contributed by atoms with Crippen molar-refractivity contribution >= 4 is 17.6 Å². The fraction of sp³-hybridized carbons (Fsp3) is 0.286. The molecule has 0 fully saturated rings. The van der Waals surface area contributed by atoms with Crippen LogP contribution in [0.5, 0.6) is 0 Å². The summed E-state index contributed by atoms with van der Waals surface area (Å²) in [5.41, 5.74) is 1.40. The maximum absolute atomic E-state index is 12.1. The summed E-state index contributed by atoms with van der Waals surface area (Å²) in [6.45, 7) is 4.48. The predicted octanol–water partition coefficient (Wildman–Crippen LogP) is 0.977. The van der Waals surface area contributed by atoms with Gasteiger partial charge in [-0.05, 0) is 11.6 Å². The number of hydrogen-bond acceptors (Lipinski definition) is 3. The molecule has 0 spiro atoms. The zero-order chi connectivity index (χ0) is 13.8. The van der Waals surface area contributed by atoms with Gasteiger partial charge in [-0.25, -0.2) is 0 Å². The van der Waals surface area contributed by atoms with Crippen molar-refractivity contribution in [3.63, 3.8) is 0 Å². The van der Waals surface area contributed by atoms with E-state index in [0.717, 1.165) is 0 Å². The van der Waals surface area contributed by atoms with Crippen molar-refractivity contribution in [2.24, 2.45) is 0 Å². The molecule has 1 aromatic rings. The van der Waals surface area contributed by atoms with E-state index in [-0.39, 0.29) is 19.0 Å². The minimum absolute atomic E-state index is 0.127. The van der Waals surface area contributed by atoms with E-state index in [1.165, 1.54) is 4.90 Å². The number of carboxylic acid groups (broad SMARTS) is 1. The highest BCUT2D eigenvalue weighted by atomic mass is 16.4. The molecule has 0 aliphatic carbocycles. The van der Waals surface area contributed by atoms with Gasteiger partial charge in [0, 0.05) is 18.8 Å². The Morgan fingerprint density at radius 3 is 2.89 bits per heavy atom. The van der Waals surface area contributed by atoms with Gasteiger partial charge >= 0.3 is 5.97 Å². The molecule has 0 saturated carbocycles. The van der Waals surface area contributed by atoms with Crippen LogP contribution in [0.15, 0.2) is 36.9 Å². The van der Waals surface area contributed by atoms with Crippen molar-refractivity contribution in [3.8, 4) is 0 Å². The van der Waals surface area contributed by atoms with E-state index in [0.29, 0.717) is 17.8 Å². The second-order valence-electron chi connectivity index (χ2n) is 4.37. The number of amides is 1. The summed E-state index contributed by atoms with van der Waals surface area (Å²) < 4.78 is 0.